The number of carbonyl (C=O) groups excluding carboxylic acids is 1. The van der Waals surface area contributed by atoms with Crippen molar-refractivity contribution in [1.82, 2.24) is 24.4 Å². The zero-order chi connectivity index (χ0) is 23.5. The van der Waals surface area contributed by atoms with Crippen LogP contribution in [0.25, 0.3) is 5.52 Å². The lowest BCUT2D eigenvalue weighted by atomic mass is 9.73. The number of carbonyl (C=O) groups is 1. The molecule has 0 radical (unpaired) electrons. The number of benzene rings is 1. The van der Waals surface area contributed by atoms with Crippen LogP contribution in [0.15, 0.2) is 30.5 Å². The molecule has 2 aromatic heterocycles. The Bertz CT molecular complexity index is 1230. The van der Waals surface area contributed by atoms with Crippen molar-refractivity contribution in [2.45, 2.75) is 19.4 Å². The Balaban J connectivity index is 1.40. The molecule has 1 atom stereocenters. The van der Waals surface area contributed by atoms with Gasteiger partial charge in [0.05, 0.1) is 17.2 Å². The van der Waals surface area contributed by atoms with Gasteiger partial charge in [0.25, 0.3) is 12.3 Å². The van der Waals surface area contributed by atoms with Crippen molar-refractivity contribution in [2.24, 2.45) is 5.41 Å². The zero-order valence-electron chi connectivity index (χ0n) is 18.0. The number of nitrogens with one attached hydrogen (secondary N) is 1. The average molecular weight is 479 g/mol. The number of hydrogen-bond acceptors (Lipinski definition) is 5. The van der Waals surface area contributed by atoms with Gasteiger partial charge in [0.15, 0.2) is 5.82 Å². The second kappa shape index (κ2) is 7.88. The van der Waals surface area contributed by atoms with E-state index in [9.17, 15) is 18.0 Å². The quantitative estimate of drug-likeness (QED) is 0.600. The maximum atomic E-state index is 14.6. The van der Waals surface area contributed by atoms with Gasteiger partial charge in [0.2, 0.25) is 5.28 Å². The molecular formula is C22H22ClF3N6O. The van der Waals surface area contributed by atoms with Gasteiger partial charge < -0.3 is 15.1 Å². The van der Waals surface area contributed by atoms with E-state index in [1.807, 2.05) is 0 Å². The first kappa shape index (κ1) is 22.0. The summed E-state index contributed by atoms with van der Waals surface area (Å²) in [5.41, 5.74) is 0.535. The van der Waals surface area contributed by atoms with Crippen LogP contribution in [-0.4, -0.2) is 63.5 Å². The topological polar surface area (TPSA) is 65.8 Å². The van der Waals surface area contributed by atoms with Crippen molar-refractivity contribution in [3.8, 4) is 0 Å². The van der Waals surface area contributed by atoms with Crippen LogP contribution in [0.2, 0.25) is 5.28 Å². The Hall–Kier alpha value is -2.85. The normalized spacial score (nSPS) is 18.5. The molecule has 2 aliphatic rings. The maximum Gasteiger partial charge on any atom is 0.266 e. The molecule has 0 saturated carbocycles. The van der Waals surface area contributed by atoms with Crippen LogP contribution in [0.3, 0.4) is 0 Å². The number of hydrogen-bond donors (Lipinski definition) is 1. The van der Waals surface area contributed by atoms with Crippen LogP contribution in [0.4, 0.5) is 19.0 Å². The molecule has 174 valence electrons. The average Bonchev–Trinajstić information content (AvgIpc) is 3.13. The molecule has 4 heterocycles. The Morgan fingerprint density at radius 1 is 1.21 bits per heavy atom. The van der Waals surface area contributed by atoms with Crippen molar-refractivity contribution in [2.75, 3.05) is 38.5 Å². The summed E-state index contributed by atoms with van der Waals surface area (Å²) in [4.78, 5) is 21.2. The van der Waals surface area contributed by atoms with Crippen molar-refractivity contribution in [3.05, 3.63) is 58.3 Å². The zero-order valence-corrected chi connectivity index (χ0v) is 18.8. The molecule has 11 heteroatoms. The Morgan fingerprint density at radius 2 is 1.91 bits per heavy atom. The van der Waals surface area contributed by atoms with Gasteiger partial charge in [-0.1, -0.05) is 18.2 Å². The molecule has 1 aromatic carbocycles. The summed E-state index contributed by atoms with van der Waals surface area (Å²) in [6, 6.07) is 4.83. The Morgan fingerprint density at radius 3 is 2.58 bits per heavy atom. The van der Waals surface area contributed by atoms with Crippen molar-refractivity contribution < 1.29 is 18.0 Å². The molecule has 2 aliphatic heterocycles. The summed E-state index contributed by atoms with van der Waals surface area (Å²) in [6.07, 6.45) is -1.34. The highest BCUT2D eigenvalue weighted by atomic mass is 35.5. The fraction of sp³-hybridized carbons (Fsp3) is 0.409. The summed E-state index contributed by atoms with van der Waals surface area (Å²) in [5, 5.41) is 7.07. The minimum Gasteiger partial charge on any atom is -0.362 e. The van der Waals surface area contributed by atoms with Crippen LogP contribution in [0.1, 0.15) is 40.9 Å². The molecule has 2 saturated heterocycles. The first-order valence-electron chi connectivity index (χ1n) is 10.5. The number of amides is 1. The fourth-order valence-electron chi connectivity index (χ4n) is 4.94. The number of halogens is 4. The van der Waals surface area contributed by atoms with Crippen LogP contribution in [-0.2, 0) is 0 Å². The molecule has 5 rings (SSSR count). The molecule has 33 heavy (non-hydrogen) atoms. The van der Waals surface area contributed by atoms with E-state index in [-0.39, 0.29) is 28.0 Å². The largest absolute Gasteiger partial charge is 0.362 e. The van der Waals surface area contributed by atoms with Crippen LogP contribution < -0.4 is 5.32 Å². The molecule has 0 aliphatic carbocycles. The number of alkyl halides is 2. The van der Waals surface area contributed by atoms with E-state index in [1.54, 1.807) is 24.1 Å². The lowest BCUT2D eigenvalue weighted by Gasteiger charge is -2.59. The predicted octanol–water partition coefficient (Wildman–Crippen LogP) is 4.02. The molecule has 0 bridgehead atoms. The van der Waals surface area contributed by atoms with Crippen molar-refractivity contribution >= 4 is 28.8 Å². The van der Waals surface area contributed by atoms with Crippen LogP contribution >= 0.6 is 11.6 Å². The van der Waals surface area contributed by atoms with E-state index >= 15 is 0 Å². The molecule has 1 N–H and O–H groups in total. The number of aromatic nitrogens is 3. The molecule has 1 spiro atoms. The monoisotopic (exact) mass is 478 g/mol. The van der Waals surface area contributed by atoms with Gasteiger partial charge in [-0.3, -0.25) is 4.79 Å². The summed E-state index contributed by atoms with van der Waals surface area (Å²) < 4.78 is 42.2. The van der Waals surface area contributed by atoms with Crippen LogP contribution in [0, 0.1) is 11.2 Å². The summed E-state index contributed by atoms with van der Waals surface area (Å²) in [6.45, 7) is 5.05. The van der Waals surface area contributed by atoms with Crippen LogP contribution in [0.5, 0.6) is 0 Å². The highest BCUT2D eigenvalue weighted by Crippen LogP contribution is 2.39. The standard InChI is InChI=1S/C22H22ClF3N6O/c1-12(14-4-3-5-15(17(14)24)18(25)26)27-19-16-6-13(7-32(16)29-21(23)28-19)20(33)31-10-22(11-31)8-30(2)9-22/h3-7,12,18H,8-11H2,1-2H3,(H,27,28,29)/t12-/m1/s1. The molecule has 2 fully saturated rings. The maximum absolute atomic E-state index is 14.6. The molecule has 3 aromatic rings. The Kier molecular flexibility index (Phi) is 5.24. The lowest BCUT2D eigenvalue weighted by molar-refractivity contribution is -0.0871. The van der Waals surface area contributed by atoms with E-state index in [4.69, 9.17) is 11.6 Å². The second-order valence-electron chi connectivity index (χ2n) is 9.04. The highest BCUT2D eigenvalue weighted by molar-refractivity contribution is 6.28. The number of rotatable bonds is 5. The van der Waals surface area contributed by atoms with Gasteiger partial charge in [-0.05, 0) is 31.6 Å². The third-order valence-corrected chi connectivity index (χ3v) is 6.51. The highest BCUT2D eigenvalue weighted by Gasteiger charge is 2.52. The van der Waals surface area contributed by atoms with E-state index in [0.29, 0.717) is 11.1 Å². The summed E-state index contributed by atoms with van der Waals surface area (Å²) >= 11 is 6.06. The van der Waals surface area contributed by atoms with Gasteiger partial charge in [-0.2, -0.15) is 4.98 Å². The first-order chi connectivity index (χ1) is 15.7. The van der Waals surface area contributed by atoms with Crippen molar-refractivity contribution in [3.63, 3.8) is 0 Å². The summed E-state index contributed by atoms with van der Waals surface area (Å²) in [7, 11) is 2.06. The third-order valence-electron chi connectivity index (χ3n) is 6.35. The molecule has 0 unspecified atom stereocenters. The lowest BCUT2D eigenvalue weighted by Crippen LogP contribution is -2.71. The number of fused-ring (bicyclic) bond motifs is 1. The van der Waals surface area contributed by atoms with Gasteiger partial charge in [0, 0.05) is 43.4 Å². The minimum atomic E-state index is -2.92. The number of anilines is 1. The minimum absolute atomic E-state index is 0.0693. The Labute approximate surface area is 193 Å². The predicted molar refractivity (Wildman–Crippen MR) is 117 cm³/mol. The first-order valence-corrected chi connectivity index (χ1v) is 10.9. The van der Waals surface area contributed by atoms with E-state index in [0.717, 1.165) is 32.2 Å². The van der Waals surface area contributed by atoms with Crippen molar-refractivity contribution in [1.29, 1.82) is 0 Å². The second-order valence-corrected chi connectivity index (χ2v) is 9.38. The van der Waals surface area contributed by atoms with E-state index < -0.39 is 23.8 Å². The van der Waals surface area contributed by atoms with Gasteiger partial charge in [-0.15, -0.1) is 5.10 Å². The number of nitrogens with zero attached hydrogens (tertiary/aromatic N) is 5. The molecular weight excluding hydrogens is 457 g/mol. The van der Waals surface area contributed by atoms with Gasteiger partial charge in [-0.25, -0.2) is 17.7 Å². The molecule has 1 amide bonds. The number of likely N-dealkylation sites (tertiary alicyclic amines) is 2. The van der Waals surface area contributed by atoms with Gasteiger partial charge >= 0.3 is 0 Å². The smallest absolute Gasteiger partial charge is 0.266 e. The summed E-state index contributed by atoms with van der Waals surface area (Å²) in [5.74, 6) is -0.807. The third kappa shape index (κ3) is 3.80. The fourth-order valence-corrected chi connectivity index (χ4v) is 5.10. The molecule has 7 nitrogen and oxygen atoms in total. The SMILES string of the molecule is C[C@@H](Nc1nc(Cl)nn2cc(C(=O)N3CC4(CN(C)C4)C3)cc12)c1cccc(C(F)F)c1F. The van der Waals surface area contributed by atoms with E-state index in [1.165, 1.54) is 16.6 Å². The van der Waals surface area contributed by atoms with E-state index in [2.05, 4.69) is 27.3 Å². The van der Waals surface area contributed by atoms with Gasteiger partial charge in [0.1, 0.15) is 11.3 Å².